The fourth-order valence-corrected chi connectivity index (χ4v) is 9.36. The summed E-state index contributed by atoms with van der Waals surface area (Å²) >= 11 is 0. The number of phosphoric ester groups is 1. The molecular weight excluding hydrogens is 930 g/mol. The van der Waals surface area contributed by atoms with Crippen LogP contribution >= 0.6 is 7.82 Å². The van der Waals surface area contributed by atoms with Crippen molar-refractivity contribution < 1.29 is 42.1 Å². The molecule has 0 aromatic heterocycles. The Morgan fingerprint density at radius 3 is 1.16 bits per heavy atom. The second-order valence-corrected chi connectivity index (χ2v) is 23.1. The van der Waals surface area contributed by atoms with Gasteiger partial charge >= 0.3 is 11.9 Å². The molecule has 0 spiro atoms. The fourth-order valence-electron chi connectivity index (χ4n) is 8.63. The predicted molar refractivity (Wildman–Crippen MR) is 310 cm³/mol. The van der Waals surface area contributed by atoms with Crippen LogP contribution in [0.4, 0.5) is 0 Å². The minimum atomic E-state index is -4.63. The van der Waals surface area contributed by atoms with Crippen LogP contribution in [0.3, 0.4) is 0 Å². The Morgan fingerprint density at radius 2 is 0.781 bits per heavy atom. The summed E-state index contributed by atoms with van der Waals surface area (Å²) in [5, 5.41) is 0. The van der Waals surface area contributed by atoms with Gasteiger partial charge in [0.2, 0.25) is 0 Å². The van der Waals surface area contributed by atoms with E-state index in [4.69, 9.17) is 18.5 Å². The maximum Gasteiger partial charge on any atom is 0.306 e. The van der Waals surface area contributed by atoms with Gasteiger partial charge in [-0.25, -0.2) is 0 Å². The number of unbranched alkanes of at least 4 members (excludes halogenated alkanes) is 32. The maximum absolute atomic E-state index is 12.8. The Kier molecular flexibility index (Phi) is 52.8. The van der Waals surface area contributed by atoms with Crippen molar-refractivity contribution in [2.75, 3.05) is 47.5 Å². The molecule has 0 aromatic rings. The molecule has 9 nitrogen and oxygen atoms in total. The molecule has 0 N–H and O–H groups in total. The van der Waals surface area contributed by atoms with Gasteiger partial charge in [0.15, 0.2) is 6.10 Å². The fraction of sp³-hybridized carbons (Fsp3) is 0.810. The number of phosphoric acid groups is 1. The number of quaternary nitrogens is 1. The van der Waals surface area contributed by atoms with Gasteiger partial charge in [0, 0.05) is 12.8 Å². The van der Waals surface area contributed by atoms with Crippen LogP contribution in [0.2, 0.25) is 0 Å². The summed E-state index contributed by atoms with van der Waals surface area (Å²) in [5.41, 5.74) is 0. The molecule has 426 valence electrons. The van der Waals surface area contributed by atoms with Gasteiger partial charge < -0.3 is 27.9 Å². The molecule has 0 aliphatic rings. The van der Waals surface area contributed by atoms with Gasteiger partial charge in [-0.3, -0.25) is 14.2 Å². The zero-order valence-electron chi connectivity index (χ0n) is 48.3. The Hall–Kier alpha value is -2.29. The first-order chi connectivity index (χ1) is 35.5. The van der Waals surface area contributed by atoms with Crippen molar-refractivity contribution in [3.63, 3.8) is 0 Å². The van der Waals surface area contributed by atoms with Crippen LogP contribution in [0.25, 0.3) is 0 Å². The van der Waals surface area contributed by atoms with Crippen LogP contribution in [0.5, 0.6) is 0 Å². The van der Waals surface area contributed by atoms with Crippen LogP contribution < -0.4 is 4.89 Å². The average Bonchev–Trinajstić information content (AvgIpc) is 3.35. The van der Waals surface area contributed by atoms with E-state index in [-0.39, 0.29) is 32.0 Å². The molecule has 0 aliphatic carbocycles. The molecule has 0 heterocycles. The second-order valence-electron chi connectivity index (χ2n) is 21.7. The first-order valence-corrected chi connectivity index (χ1v) is 32.0. The number of hydrogen-bond donors (Lipinski definition) is 0. The van der Waals surface area contributed by atoms with Gasteiger partial charge in [0.05, 0.1) is 27.7 Å². The van der Waals surface area contributed by atoms with Crippen LogP contribution in [0.1, 0.15) is 277 Å². The number of carbonyl (C=O) groups is 2. The molecule has 73 heavy (non-hydrogen) atoms. The van der Waals surface area contributed by atoms with Crippen molar-refractivity contribution in [3.8, 4) is 0 Å². The summed E-state index contributed by atoms with van der Waals surface area (Å²) in [6, 6.07) is 0. The zero-order chi connectivity index (χ0) is 53.5. The summed E-state index contributed by atoms with van der Waals surface area (Å²) in [5.74, 6) is -0.821. The summed E-state index contributed by atoms with van der Waals surface area (Å²) in [7, 11) is 1.18. The highest BCUT2D eigenvalue weighted by atomic mass is 31.2. The largest absolute Gasteiger partial charge is 0.756 e. The summed E-state index contributed by atoms with van der Waals surface area (Å²) in [6.07, 6.45) is 70.1. The molecule has 0 saturated carbocycles. The van der Waals surface area contributed by atoms with Crippen LogP contribution in [-0.2, 0) is 32.7 Å². The van der Waals surface area contributed by atoms with Crippen molar-refractivity contribution in [3.05, 3.63) is 60.8 Å². The maximum atomic E-state index is 12.8. The Morgan fingerprint density at radius 1 is 0.438 bits per heavy atom. The number of esters is 2. The van der Waals surface area contributed by atoms with Gasteiger partial charge in [0.1, 0.15) is 19.8 Å². The van der Waals surface area contributed by atoms with Crippen molar-refractivity contribution >= 4 is 19.8 Å². The van der Waals surface area contributed by atoms with Gasteiger partial charge in [-0.2, -0.15) is 0 Å². The first-order valence-electron chi connectivity index (χ1n) is 30.5. The lowest BCUT2D eigenvalue weighted by Crippen LogP contribution is -2.37. The van der Waals surface area contributed by atoms with Gasteiger partial charge in [-0.15, -0.1) is 0 Å². The van der Waals surface area contributed by atoms with E-state index in [2.05, 4.69) is 74.6 Å². The van der Waals surface area contributed by atoms with Gasteiger partial charge in [-0.1, -0.05) is 267 Å². The van der Waals surface area contributed by atoms with Crippen molar-refractivity contribution in [1.29, 1.82) is 0 Å². The number of allylic oxidation sites excluding steroid dienone is 10. The topological polar surface area (TPSA) is 111 Å². The third-order valence-electron chi connectivity index (χ3n) is 13.3. The molecule has 0 rings (SSSR count). The molecular formula is C63H116NO8P. The Balaban J connectivity index is 3.92. The number of nitrogens with zero attached hydrogens (tertiary/aromatic N) is 1. The van der Waals surface area contributed by atoms with E-state index in [0.717, 1.165) is 64.2 Å². The summed E-state index contributed by atoms with van der Waals surface area (Å²) in [4.78, 5) is 37.8. The van der Waals surface area contributed by atoms with Crippen molar-refractivity contribution in [2.24, 2.45) is 0 Å². The van der Waals surface area contributed by atoms with E-state index in [0.29, 0.717) is 17.4 Å². The smallest absolute Gasteiger partial charge is 0.306 e. The molecule has 0 bridgehead atoms. The third kappa shape index (κ3) is 58.8. The molecule has 0 saturated heterocycles. The molecule has 0 amide bonds. The number of ether oxygens (including phenoxy) is 2. The van der Waals surface area contributed by atoms with E-state index in [1.807, 2.05) is 21.1 Å². The first kappa shape index (κ1) is 70.7. The monoisotopic (exact) mass is 1050 g/mol. The average molecular weight is 1050 g/mol. The number of carbonyl (C=O) groups excluding carboxylic acids is 2. The zero-order valence-corrected chi connectivity index (χ0v) is 49.2. The summed E-state index contributed by atoms with van der Waals surface area (Å²) in [6.45, 7) is 4.15. The molecule has 0 aliphatic heterocycles. The minimum Gasteiger partial charge on any atom is -0.756 e. The molecule has 2 unspecified atom stereocenters. The van der Waals surface area contributed by atoms with E-state index in [1.54, 1.807) is 0 Å². The van der Waals surface area contributed by atoms with Crippen LogP contribution in [0, 0.1) is 0 Å². The summed E-state index contributed by atoms with van der Waals surface area (Å²) < 4.78 is 34.1. The van der Waals surface area contributed by atoms with Crippen LogP contribution in [-0.4, -0.2) is 70.0 Å². The van der Waals surface area contributed by atoms with Crippen molar-refractivity contribution in [2.45, 2.75) is 283 Å². The number of hydrogen-bond acceptors (Lipinski definition) is 8. The Bertz CT molecular complexity index is 1420. The SMILES string of the molecule is CC/C=C\C/C=C\C/C=C\C/C=C\C/C=C\CCCCCCCCCCCCCCCCCCCCCCCC(=O)OC(COC(=O)CCCCCCCCCCCCCC)COP(=O)([O-])OCC[N+](C)(C)C. The van der Waals surface area contributed by atoms with E-state index >= 15 is 0 Å². The number of likely N-dealkylation sites (N-methyl/N-ethyl adjacent to an activating group) is 1. The molecule has 10 heteroatoms. The second kappa shape index (κ2) is 54.5. The lowest BCUT2D eigenvalue weighted by Gasteiger charge is -2.28. The van der Waals surface area contributed by atoms with Crippen LogP contribution in [0.15, 0.2) is 60.8 Å². The lowest BCUT2D eigenvalue weighted by molar-refractivity contribution is -0.870. The number of rotatable bonds is 56. The minimum absolute atomic E-state index is 0.0288. The quantitative estimate of drug-likeness (QED) is 0.0195. The normalized spacial score (nSPS) is 13.7. The lowest BCUT2D eigenvalue weighted by atomic mass is 10.0. The van der Waals surface area contributed by atoms with E-state index in [9.17, 15) is 19.0 Å². The highest BCUT2D eigenvalue weighted by Gasteiger charge is 2.22. The van der Waals surface area contributed by atoms with Gasteiger partial charge in [-0.05, 0) is 57.8 Å². The molecule has 0 fully saturated rings. The highest BCUT2D eigenvalue weighted by molar-refractivity contribution is 7.45. The van der Waals surface area contributed by atoms with Gasteiger partial charge in [0.25, 0.3) is 7.82 Å². The standard InChI is InChI=1S/C63H116NO8P/c1-6-8-10-12-14-16-18-20-21-22-23-24-25-26-27-28-29-30-31-32-33-34-35-36-37-38-39-40-41-42-43-44-46-48-50-52-54-56-63(66)72-61(60-71-73(67,68)70-58-57-64(3,4)5)59-69-62(65)55-53-51-49-47-45-19-17-15-13-11-9-7-2/h8,10,14,16,20-21,23-24,26-27,61H,6-7,9,11-13,15,17-19,22,25,28-60H2,1-5H3/b10-8-,16-14-,21-20-,24-23-,27-26-. The van der Waals surface area contributed by atoms with Crippen molar-refractivity contribution in [1.82, 2.24) is 0 Å². The highest BCUT2D eigenvalue weighted by Crippen LogP contribution is 2.38. The van der Waals surface area contributed by atoms with E-state index in [1.165, 1.54) is 180 Å². The molecule has 0 aromatic carbocycles. The predicted octanol–water partition coefficient (Wildman–Crippen LogP) is 18.5. The molecule has 0 radical (unpaired) electrons. The Labute approximate surface area is 451 Å². The van der Waals surface area contributed by atoms with E-state index < -0.39 is 26.5 Å². The molecule has 2 atom stereocenters. The third-order valence-corrected chi connectivity index (χ3v) is 14.3.